The van der Waals surface area contributed by atoms with Gasteiger partial charge in [-0.25, -0.2) is 18.0 Å². The van der Waals surface area contributed by atoms with Gasteiger partial charge >= 0.3 is 12.3 Å². The fraction of sp³-hybridized carbons (Fsp3) is 0.600. The second-order valence-corrected chi connectivity index (χ2v) is 8.93. The van der Waals surface area contributed by atoms with Crippen LogP contribution in [0.4, 0.5) is 42.5 Å². The highest BCUT2D eigenvalue weighted by atomic mass is 19.4. The molecule has 0 aromatic heterocycles. The van der Waals surface area contributed by atoms with Gasteiger partial charge in [-0.3, -0.25) is 15.0 Å². The number of nitrogens with one attached hydrogen (secondary N) is 1. The number of anilines is 2. The van der Waals surface area contributed by atoms with Crippen LogP contribution in [0.3, 0.4) is 0 Å². The van der Waals surface area contributed by atoms with Gasteiger partial charge in [0.25, 0.3) is 0 Å². The zero-order valence-corrected chi connectivity index (χ0v) is 17.1. The van der Waals surface area contributed by atoms with Gasteiger partial charge in [0.05, 0.1) is 11.1 Å². The number of nitrogens with zero attached hydrogens (tertiary/aromatic N) is 1. The van der Waals surface area contributed by atoms with Crippen molar-refractivity contribution in [3.05, 3.63) is 23.5 Å². The lowest BCUT2D eigenvalue weighted by Gasteiger charge is -2.36. The van der Waals surface area contributed by atoms with Crippen molar-refractivity contribution < 1.29 is 40.7 Å². The van der Waals surface area contributed by atoms with Crippen LogP contribution in [0.2, 0.25) is 0 Å². The van der Waals surface area contributed by atoms with Crippen molar-refractivity contribution in [2.75, 3.05) is 16.8 Å². The highest BCUT2D eigenvalue weighted by Gasteiger charge is 2.57. The second-order valence-electron chi connectivity index (χ2n) is 8.93. The van der Waals surface area contributed by atoms with E-state index in [9.17, 15) is 35.9 Å². The van der Waals surface area contributed by atoms with E-state index in [0.29, 0.717) is 0 Å². The van der Waals surface area contributed by atoms with E-state index in [1.807, 2.05) is 0 Å². The molecule has 172 valence electrons. The number of rotatable bonds is 2. The van der Waals surface area contributed by atoms with Crippen LogP contribution < -0.4 is 10.2 Å². The third kappa shape index (κ3) is 4.74. The van der Waals surface area contributed by atoms with Crippen LogP contribution in [0.5, 0.6) is 0 Å². The number of fused-ring (bicyclic) bond motifs is 2. The Morgan fingerprint density at radius 2 is 1.71 bits per heavy atom. The normalized spacial score (nSPS) is 20.0. The van der Waals surface area contributed by atoms with Crippen LogP contribution in [-0.2, 0) is 14.9 Å². The van der Waals surface area contributed by atoms with Crippen LogP contribution in [0.25, 0.3) is 0 Å². The summed E-state index contributed by atoms with van der Waals surface area (Å²) in [7, 11) is 0. The first-order valence-corrected chi connectivity index (χ1v) is 9.64. The predicted molar refractivity (Wildman–Crippen MR) is 99.8 cm³/mol. The van der Waals surface area contributed by atoms with E-state index in [2.05, 4.69) is 5.32 Å². The van der Waals surface area contributed by atoms with Crippen LogP contribution in [-0.4, -0.2) is 36.2 Å². The third-order valence-corrected chi connectivity index (χ3v) is 5.32. The van der Waals surface area contributed by atoms with Crippen LogP contribution in [0.1, 0.15) is 52.0 Å². The van der Waals surface area contributed by atoms with E-state index in [-0.39, 0.29) is 16.2 Å². The quantitative estimate of drug-likeness (QED) is 0.601. The van der Waals surface area contributed by atoms with Crippen molar-refractivity contribution >= 4 is 23.4 Å². The minimum Gasteiger partial charge on any atom is -0.444 e. The Bertz CT molecular complexity index is 897. The molecule has 2 amide bonds. The standard InChI is InChI=1S/C20H22F6N2O3/c1-17(2,3)31-16(30)27-11-8-12-14(13(21)9-11)28(10-20(24,25)26)15(29)18(12)4-6-19(22,23)7-5-18/h8-9H,4-7,10H2,1-3H3,(H,27,30). The molecule has 1 aliphatic carbocycles. The molecule has 1 heterocycles. The monoisotopic (exact) mass is 452 g/mol. The van der Waals surface area contributed by atoms with Gasteiger partial charge in [-0.2, -0.15) is 13.2 Å². The van der Waals surface area contributed by atoms with E-state index in [0.717, 1.165) is 6.07 Å². The molecular formula is C20H22F6N2O3. The molecular weight excluding hydrogens is 430 g/mol. The largest absolute Gasteiger partial charge is 0.444 e. The summed E-state index contributed by atoms with van der Waals surface area (Å²) in [6.07, 6.45) is -8.07. The number of hydrogen-bond donors (Lipinski definition) is 1. The van der Waals surface area contributed by atoms with Gasteiger partial charge in [0.15, 0.2) is 0 Å². The Morgan fingerprint density at radius 3 is 2.23 bits per heavy atom. The molecule has 1 fully saturated rings. The van der Waals surface area contributed by atoms with Crippen molar-refractivity contribution in [2.45, 2.75) is 69.6 Å². The predicted octanol–water partition coefficient (Wildman–Crippen LogP) is 5.53. The van der Waals surface area contributed by atoms with E-state index in [4.69, 9.17) is 4.74 Å². The zero-order chi connectivity index (χ0) is 23.4. The lowest BCUT2D eigenvalue weighted by Crippen LogP contribution is -2.47. The molecule has 1 aliphatic heterocycles. The Kier molecular flexibility index (Phi) is 5.47. The molecule has 2 aliphatic rings. The summed E-state index contributed by atoms with van der Waals surface area (Å²) in [4.78, 5) is 25.3. The fourth-order valence-electron chi connectivity index (χ4n) is 4.06. The maximum Gasteiger partial charge on any atom is 0.412 e. The van der Waals surface area contributed by atoms with Gasteiger partial charge in [-0.15, -0.1) is 0 Å². The average Bonchev–Trinajstić information content (AvgIpc) is 2.77. The number of amides is 2. The Hall–Kier alpha value is -2.46. The molecule has 0 saturated heterocycles. The smallest absolute Gasteiger partial charge is 0.412 e. The number of hydrogen-bond acceptors (Lipinski definition) is 3. The second kappa shape index (κ2) is 7.30. The first kappa shape index (κ1) is 23.2. The molecule has 1 aromatic carbocycles. The number of ether oxygens (including phenoxy) is 1. The Morgan fingerprint density at radius 1 is 1.13 bits per heavy atom. The number of halogens is 6. The lowest BCUT2D eigenvalue weighted by atomic mass is 9.69. The topological polar surface area (TPSA) is 58.6 Å². The summed E-state index contributed by atoms with van der Waals surface area (Å²) in [5.41, 5.74) is -3.46. The maximum atomic E-state index is 14.9. The SMILES string of the molecule is CC(C)(C)OC(=O)Nc1cc(F)c2c(c1)C1(CCC(F)(F)CC1)C(=O)N2CC(F)(F)F. The van der Waals surface area contributed by atoms with E-state index in [1.165, 1.54) is 6.07 Å². The lowest BCUT2D eigenvalue weighted by molar-refractivity contribution is -0.137. The molecule has 0 atom stereocenters. The fourth-order valence-corrected chi connectivity index (χ4v) is 4.06. The first-order chi connectivity index (χ1) is 14.0. The Balaban J connectivity index is 2.05. The molecule has 11 heteroatoms. The molecule has 5 nitrogen and oxygen atoms in total. The molecule has 1 saturated carbocycles. The minimum absolute atomic E-state index is 0.136. The molecule has 0 unspecified atom stereocenters. The van der Waals surface area contributed by atoms with Gasteiger partial charge in [0.1, 0.15) is 18.0 Å². The van der Waals surface area contributed by atoms with Crippen LogP contribution in [0, 0.1) is 5.82 Å². The van der Waals surface area contributed by atoms with Gasteiger partial charge in [-0.05, 0) is 51.3 Å². The molecule has 0 bridgehead atoms. The van der Waals surface area contributed by atoms with Crippen molar-refractivity contribution in [1.29, 1.82) is 0 Å². The summed E-state index contributed by atoms with van der Waals surface area (Å²) in [5.74, 6) is -5.30. The van der Waals surface area contributed by atoms with Gasteiger partial charge in [-0.1, -0.05) is 0 Å². The number of carbonyl (C=O) groups excluding carboxylic acids is 2. The highest BCUT2D eigenvalue weighted by Crippen LogP contribution is 2.54. The minimum atomic E-state index is -4.82. The van der Waals surface area contributed by atoms with Crippen molar-refractivity contribution in [1.82, 2.24) is 0 Å². The van der Waals surface area contributed by atoms with Crippen molar-refractivity contribution in [2.24, 2.45) is 0 Å². The number of carbonyl (C=O) groups is 2. The molecule has 1 spiro atoms. The van der Waals surface area contributed by atoms with Crippen molar-refractivity contribution in [3.8, 4) is 0 Å². The summed E-state index contributed by atoms with van der Waals surface area (Å²) in [5, 5.41) is 2.28. The van der Waals surface area contributed by atoms with Gasteiger partial charge < -0.3 is 4.74 Å². The van der Waals surface area contributed by atoms with Crippen LogP contribution >= 0.6 is 0 Å². The molecule has 1 N–H and O–H groups in total. The van der Waals surface area contributed by atoms with Crippen molar-refractivity contribution in [3.63, 3.8) is 0 Å². The van der Waals surface area contributed by atoms with E-state index in [1.54, 1.807) is 20.8 Å². The van der Waals surface area contributed by atoms with Crippen LogP contribution in [0.15, 0.2) is 12.1 Å². The van der Waals surface area contributed by atoms with E-state index >= 15 is 0 Å². The number of benzene rings is 1. The third-order valence-electron chi connectivity index (χ3n) is 5.32. The maximum absolute atomic E-state index is 14.9. The number of alkyl halides is 5. The molecule has 31 heavy (non-hydrogen) atoms. The summed E-state index contributed by atoms with van der Waals surface area (Å²) < 4.78 is 86.8. The molecule has 0 radical (unpaired) electrons. The summed E-state index contributed by atoms with van der Waals surface area (Å²) in [6.45, 7) is 3.05. The highest BCUT2D eigenvalue weighted by molar-refractivity contribution is 6.09. The summed E-state index contributed by atoms with van der Waals surface area (Å²) in [6, 6.07) is 1.94. The Labute approximate surface area is 174 Å². The average molecular weight is 452 g/mol. The molecule has 3 rings (SSSR count). The first-order valence-electron chi connectivity index (χ1n) is 9.64. The summed E-state index contributed by atoms with van der Waals surface area (Å²) >= 11 is 0. The van der Waals surface area contributed by atoms with E-state index < -0.39 is 78.8 Å². The molecule has 1 aromatic rings. The van der Waals surface area contributed by atoms with Gasteiger partial charge in [0.2, 0.25) is 11.8 Å². The van der Waals surface area contributed by atoms with Gasteiger partial charge in [0, 0.05) is 18.5 Å². The zero-order valence-electron chi connectivity index (χ0n) is 17.1.